The standard InChI is InChI=1S/C11H16ClN7O2/c1-18-11(12)15-9(17-18)10(20)13-4-3-8-16-14-7-19(8)5-6-21-2/h7H,3-6H2,1-2H3,(H,13,20). The highest BCUT2D eigenvalue weighted by atomic mass is 35.5. The molecule has 0 saturated heterocycles. The number of hydrogen-bond acceptors (Lipinski definition) is 6. The number of rotatable bonds is 7. The Morgan fingerprint density at radius 2 is 2.33 bits per heavy atom. The van der Waals surface area contributed by atoms with E-state index in [9.17, 15) is 4.79 Å². The van der Waals surface area contributed by atoms with Crippen molar-refractivity contribution in [2.24, 2.45) is 7.05 Å². The van der Waals surface area contributed by atoms with Gasteiger partial charge in [-0.15, -0.1) is 15.3 Å². The smallest absolute Gasteiger partial charge is 0.291 e. The third-order valence-corrected chi connectivity index (χ3v) is 3.11. The van der Waals surface area contributed by atoms with Gasteiger partial charge in [-0.05, 0) is 11.6 Å². The highest BCUT2D eigenvalue weighted by Crippen LogP contribution is 2.03. The Labute approximate surface area is 126 Å². The maximum atomic E-state index is 11.8. The molecule has 9 nitrogen and oxygen atoms in total. The van der Waals surface area contributed by atoms with Crippen molar-refractivity contribution in [2.45, 2.75) is 13.0 Å². The Kier molecular flexibility index (Phi) is 5.23. The predicted molar refractivity (Wildman–Crippen MR) is 73.9 cm³/mol. The first kappa shape index (κ1) is 15.4. The van der Waals surface area contributed by atoms with Crippen LogP contribution in [0.15, 0.2) is 6.33 Å². The van der Waals surface area contributed by atoms with Gasteiger partial charge in [0.15, 0.2) is 0 Å². The van der Waals surface area contributed by atoms with Crippen LogP contribution in [0.25, 0.3) is 0 Å². The number of hydrogen-bond donors (Lipinski definition) is 1. The first-order valence-electron chi connectivity index (χ1n) is 6.32. The van der Waals surface area contributed by atoms with Crippen molar-refractivity contribution >= 4 is 17.5 Å². The largest absolute Gasteiger partial charge is 0.383 e. The molecule has 0 aliphatic rings. The van der Waals surface area contributed by atoms with Crippen molar-refractivity contribution in [3.8, 4) is 0 Å². The zero-order valence-corrected chi connectivity index (χ0v) is 12.5. The number of aromatic nitrogens is 6. The van der Waals surface area contributed by atoms with Crippen molar-refractivity contribution in [3.63, 3.8) is 0 Å². The van der Waals surface area contributed by atoms with Crippen LogP contribution in [0.4, 0.5) is 0 Å². The van der Waals surface area contributed by atoms with Crippen LogP contribution in [-0.2, 0) is 24.8 Å². The molecule has 0 aliphatic carbocycles. The van der Waals surface area contributed by atoms with Gasteiger partial charge in [0.2, 0.25) is 11.1 Å². The van der Waals surface area contributed by atoms with Gasteiger partial charge in [-0.2, -0.15) is 4.98 Å². The van der Waals surface area contributed by atoms with Crippen LogP contribution in [0, 0.1) is 0 Å². The molecule has 1 amide bonds. The van der Waals surface area contributed by atoms with Gasteiger partial charge in [0, 0.05) is 33.7 Å². The van der Waals surface area contributed by atoms with Gasteiger partial charge in [-0.3, -0.25) is 4.79 Å². The highest BCUT2D eigenvalue weighted by Gasteiger charge is 2.13. The van der Waals surface area contributed by atoms with Crippen molar-refractivity contribution in [2.75, 3.05) is 20.3 Å². The number of nitrogens with zero attached hydrogens (tertiary/aromatic N) is 6. The summed E-state index contributed by atoms with van der Waals surface area (Å²) in [7, 11) is 3.25. The molecule has 0 unspecified atom stereocenters. The van der Waals surface area contributed by atoms with Crippen LogP contribution in [0.2, 0.25) is 5.28 Å². The lowest BCUT2D eigenvalue weighted by Crippen LogP contribution is -2.27. The number of carbonyl (C=O) groups excluding carboxylic acids is 1. The van der Waals surface area contributed by atoms with E-state index in [2.05, 4.69) is 25.6 Å². The summed E-state index contributed by atoms with van der Waals surface area (Å²) in [6.07, 6.45) is 2.19. The molecule has 0 fully saturated rings. The second kappa shape index (κ2) is 7.14. The first-order chi connectivity index (χ1) is 10.1. The van der Waals surface area contributed by atoms with E-state index >= 15 is 0 Å². The second-order valence-corrected chi connectivity index (χ2v) is 4.61. The van der Waals surface area contributed by atoms with Crippen LogP contribution in [0.1, 0.15) is 16.4 Å². The summed E-state index contributed by atoms with van der Waals surface area (Å²) < 4.78 is 8.22. The lowest BCUT2D eigenvalue weighted by molar-refractivity contribution is 0.0943. The number of amides is 1. The zero-order chi connectivity index (χ0) is 15.2. The van der Waals surface area contributed by atoms with E-state index in [1.165, 1.54) is 4.68 Å². The number of nitrogens with one attached hydrogen (secondary N) is 1. The molecule has 0 saturated carbocycles. The van der Waals surface area contributed by atoms with Crippen LogP contribution in [0.5, 0.6) is 0 Å². The topological polar surface area (TPSA) is 99.7 Å². The zero-order valence-electron chi connectivity index (χ0n) is 11.8. The number of carbonyl (C=O) groups is 1. The van der Waals surface area contributed by atoms with E-state index in [0.29, 0.717) is 26.1 Å². The lowest BCUT2D eigenvalue weighted by Gasteiger charge is -2.06. The fourth-order valence-corrected chi connectivity index (χ4v) is 1.80. The quantitative estimate of drug-likeness (QED) is 0.752. The molecule has 0 aliphatic heterocycles. The Morgan fingerprint density at radius 1 is 1.52 bits per heavy atom. The molecule has 0 spiro atoms. The maximum absolute atomic E-state index is 11.8. The molecule has 2 rings (SSSR count). The maximum Gasteiger partial charge on any atom is 0.291 e. The Hall–Kier alpha value is -2.00. The van der Waals surface area contributed by atoms with E-state index in [1.807, 2.05) is 4.57 Å². The van der Waals surface area contributed by atoms with Crippen LogP contribution < -0.4 is 5.32 Å². The summed E-state index contributed by atoms with van der Waals surface area (Å²) in [4.78, 5) is 15.7. The molecule has 2 aromatic rings. The normalized spacial score (nSPS) is 10.8. The fraction of sp³-hybridized carbons (Fsp3) is 0.545. The fourth-order valence-electron chi connectivity index (χ4n) is 1.68. The lowest BCUT2D eigenvalue weighted by atomic mass is 10.4. The molecule has 2 aromatic heterocycles. The van der Waals surface area contributed by atoms with Crippen LogP contribution in [0.3, 0.4) is 0 Å². The molecule has 0 radical (unpaired) electrons. The Morgan fingerprint density at radius 3 is 3.00 bits per heavy atom. The average Bonchev–Trinajstić information content (AvgIpc) is 3.04. The summed E-state index contributed by atoms with van der Waals surface area (Å²) in [6, 6.07) is 0. The molecule has 10 heteroatoms. The summed E-state index contributed by atoms with van der Waals surface area (Å²) in [5, 5.41) is 14.6. The molecule has 0 aromatic carbocycles. The molecule has 114 valence electrons. The van der Waals surface area contributed by atoms with Crippen LogP contribution in [-0.4, -0.2) is 55.7 Å². The third kappa shape index (κ3) is 3.99. The van der Waals surface area contributed by atoms with E-state index in [0.717, 1.165) is 5.82 Å². The van der Waals surface area contributed by atoms with Gasteiger partial charge < -0.3 is 14.6 Å². The molecule has 21 heavy (non-hydrogen) atoms. The van der Waals surface area contributed by atoms with Gasteiger partial charge in [-0.1, -0.05) is 0 Å². The van der Waals surface area contributed by atoms with E-state index in [-0.39, 0.29) is 17.0 Å². The Balaban J connectivity index is 1.84. The van der Waals surface area contributed by atoms with Gasteiger partial charge in [0.1, 0.15) is 12.2 Å². The third-order valence-electron chi connectivity index (χ3n) is 2.78. The number of ether oxygens (including phenoxy) is 1. The predicted octanol–water partition coefficient (Wildman–Crippen LogP) is -0.321. The minimum Gasteiger partial charge on any atom is -0.383 e. The second-order valence-electron chi connectivity index (χ2n) is 4.27. The van der Waals surface area contributed by atoms with Crippen molar-refractivity contribution in [1.82, 2.24) is 34.8 Å². The van der Waals surface area contributed by atoms with Gasteiger partial charge in [-0.25, -0.2) is 4.68 Å². The molecule has 0 bridgehead atoms. The number of aryl methyl sites for hydroxylation is 1. The minimum atomic E-state index is -0.375. The van der Waals surface area contributed by atoms with Crippen molar-refractivity contribution < 1.29 is 9.53 Å². The van der Waals surface area contributed by atoms with Crippen molar-refractivity contribution in [3.05, 3.63) is 23.3 Å². The summed E-state index contributed by atoms with van der Waals surface area (Å²) in [5.74, 6) is 0.447. The summed E-state index contributed by atoms with van der Waals surface area (Å²) >= 11 is 5.73. The molecule has 1 N–H and O–H groups in total. The molecular weight excluding hydrogens is 298 g/mol. The summed E-state index contributed by atoms with van der Waals surface area (Å²) in [6.45, 7) is 1.65. The average molecular weight is 314 g/mol. The van der Waals surface area contributed by atoms with Gasteiger partial charge >= 0.3 is 0 Å². The molecular formula is C11H16ClN7O2. The Bertz CT molecular complexity index is 590. The molecule has 0 atom stereocenters. The number of methoxy groups -OCH3 is 1. The minimum absolute atomic E-state index is 0.0448. The number of halogens is 1. The SMILES string of the molecule is COCCn1cnnc1CCNC(=O)c1nc(Cl)n(C)n1. The monoisotopic (exact) mass is 313 g/mol. The van der Waals surface area contributed by atoms with Gasteiger partial charge in [0.25, 0.3) is 5.91 Å². The molecule has 2 heterocycles. The van der Waals surface area contributed by atoms with Gasteiger partial charge in [0.05, 0.1) is 6.61 Å². The van der Waals surface area contributed by atoms with E-state index < -0.39 is 0 Å². The summed E-state index contributed by atoms with van der Waals surface area (Å²) in [5.41, 5.74) is 0. The van der Waals surface area contributed by atoms with E-state index in [1.54, 1.807) is 20.5 Å². The van der Waals surface area contributed by atoms with Crippen molar-refractivity contribution in [1.29, 1.82) is 0 Å². The highest BCUT2D eigenvalue weighted by molar-refractivity contribution is 6.28. The van der Waals surface area contributed by atoms with E-state index in [4.69, 9.17) is 16.3 Å². The first-order valence-corrected chi connectivity index (χ1v) is 6.70. The van der Waals surface area contributed by atoms with Crippen LogP contribution >= 0.6 is 11.6 Å².